The van der Waals surface area contributed by atoms with Gasteiger partial charge in [-0.2, -0.15) is 0 Å². The molecule has 0 radical (unpaired) electrons. The third-order valence-electron chi connectivity index (χ3n) is 2.55. The van der Waals surface area contributed by atoms with Crippen molar-refractivity contribution in [2.75, 3.05) is 6.61 Å². The van der Waals surface area contributed by atoms with Crippen molar-refractivity contribution >= 4 is 0 Å². The number of aliphatic hydroxyl groups excluding tert-OH is 1. The maximum atomic E-state index is 11.9. The Labute approximate surface area is 98.1 Å². The fourth-order valence-corrected chi connectivity index (χ4v) is 1.51. The van der Waals surface area contributed by atoms with Crippen molar-refractivity contribution in [1.82, 2.24) is 0 Å². The summed E-state index contributed by atoms with van der Waals surface area (Å²) in [6, 6.07) is 0. The van der Waals surface area contributed by atoms with E-state index in [4.69, 9.17) is 5.11 Å². The Balaban J connectivity index is 2.86. The predicted octanol–water partition coefficient (Wildman–Crippen LogP) is 3.31. The summed E-state index contributed by atoms with van der Waals surface area (Å²) >= 11 is 0. The molecule has 0 saturated carbocycles. The molecule has 0 aromatic carbocycles. The lowest BCUT2D eigenvalue weighted by Crippen LogP contribution is -2.11. The molecule has 0 bridgehead atoms. The van der Waals surface area contributed by atoms with Gasteiger partial charge in [-0.3, -0.25) is 0 Å². The number of allylic oxidation sites excluding steroid dienone is 3. The lowest BCUT2D eigenvalue weighted by molar-refractivity contribution is -0.298. The van der Waals surface area contributed by atoms with Crippen LogP contribution >= 0.6 is 0 Å². The first-order valence-electron chi connectivity index (χ1n) is 5.28. The topological polar surface area (TPSA) is 29.5 Å². The maximum Gasteiger partial charge on any atom is 0.572 e. The number of alkyl halides is 3. The zero-order chi connectivity index (χ0) is 13.1. The maximum absolute atomic E-state index is 11.9. The fraction of sp³-hybridized carbons (Fsp3) is 0.500. The lowest BCUT2D eigenvalue weighted by atomic mass is 9.88. The second-order valence-electron chi connectivity index (χ2n) is 4.13. The van der Waals surface area contributed by atoms with Gasteiger partial charge in [-0.05, 0) is 23.5 Å². The number of hydrogen-bond acceptors (Lipinski definition) is 2. The second-order valence-corrected chi connectivity index (χ2v) is 4.13. The Bertz CT molecular complexity index is 362. The zero-order valence-corrected chi connectivity index (χ0v) is 9.71. The van der Waals surface area contributed by atoms with Gasteiger partial charge in [0, 0.05) is 0 Å². The van der Waals surface area contributed by atoms with Gasteiger partial charge in [-0.15, -0.1) is 13.2 Å². The summed E-state index contributed by atoms with van der Waals surface area (Å²) in [6.45, 7) is 3.63. The van der Waals surface area contributed by atoms with Crippen LogP contribution in [-0.4, -0.2) is 18.1 Å². The highest BCUT2D eigenvalue weighted by Gasteiger charge is 2.29. The molecule has 0 atom stereocenters. The lowest BCUT2D eigenvalue weighted by Gasteiger charge is -2.19. The summed E-state index contributed by atoms with van der Waals surface area (Å²) in [7, 11) is 0. The molecule has 0 unspecified atom stereocenters. The number of halogens is 3. The van der Waals surface area contributed by atoms with Gasteiger partial charge in [0.25, 0.3) is 0 Å². The highest BCUT2D eigenvalue weighted by atomic mass is 19.4. The highest BCUT2D eigenvalue weighted by molar-refractivity contribution is 5.42. The third-order valence-corrected chi connectivity index (χ3v) is 2.55. The van der Waals surface area contributed by atoms with Gasteiger partial charge in [0.15, 0.2) is 0 Å². The van der Waals surface area contributed by atoms with Crippen molar-refractivity contribution in [3.05, 3.63) is 35.1 Å². The van der Waals surface area contributed by atoms with Gasteiger partial charge in [0.1, 0.15) is 0 Å². The molecule has 96 valence electrons. The van der Waals surface area contributed by atoms with Crippen molar-refractivity contribution in [2.24, 2.45) is 5.92 Å². The summed E-state index contributed by atoms with van der Waals surface area (Å²) < 4.78 is 39.5. The normalized spacial score (nSPS) is 19.4. The molecule has 1 aliphatic rings. The van der Waals surface area contributed by atoms with Crippen LogP contribution in [0.15, 0.2) is 35.1 Å². The van der Waals surface area contributed by atoms with E-state index in [1.165, 1.54) is 0 Å². The minimum absolute atomic E-state index is 0.251. The van der Waals surface area contributed by atoms with Crippen LogP contribution in [0.2, 0.25) is 0 Å². The first-order valence-corrected chi connectivity index (χ1v) is 5.28. The summed E-state index contributed by atoms with van der Waals surface area (Å²) in [4.78, 5) is 0. The molecule has 17 heavy (non-hydrogen) atoms. The van der Waals surface area contributed by atoms with E-state index in [9.17, 15) is 13.2 Å². The van der Waals surface area contributed by atoms with Crippen molar-refractivity contribution in [3.63, 3.8) is 0 Å². The first-order chi connectivity index (χ1) is 7.83. The smallest absolute Gasteiger partial charge is 0.413 e. The van der Waals surface area contributed by atoms with E-state index in [2.05, 4.69) is 4.74 Å². The van der Waals surface area contributed by atoms with Crippen LogP contribution in [0.25, 0.3) is 0 Å². The molecule has 1 rings (SSSR count). The molecule has 0 heterocycles. The quantitative estimate of drug-likeness (QED) is 0.776. The van der Waals surface area contributed by atoms with E-state index < -0.39 is 6.36 Å². The SMILES string of the molecule is CC(C)C1=CC=C(CO)/C(=C\OC(F)(F)F)C1. The van der Waals surface area contributed by atoms with Gasteiger partial charge in [0.2, 0.25) is 0 Å². The number of aliphatic hydroxyl groups is 1. The summed E-state index contributed by atoms with van der Waals surface area (Å²) in [6.07, 6.45) is -0.171. The van der Waals surface area contributed by atoms with E-state index >= 15 is 0 Å². The molecular weight excluding hydrogens is 233 g/mol. The minimum Gasteiger partial charge on any atom is -0.413 e. The Hall–Kier alpha value is -1.23. The second kappa shape index (κ2) is 5.40. The Morgan fingerprint density at radius 3 is 2.53 bits per heavy atom. The van der Waals surface area contributed by atoms with E-state index in [-0.39, 0.29) is 12.5 Å². The molecule has 1 aliphatic carbocycles. The van der Waals surface area contributed by atoms with Crippen molar-refractivity contribution in [2.45, 2.75) is 26.6 Å². The van der Waals surface area contributed by atoms with Crippen molar-refractivity contribution in [3.8, 4) is 0 Å². The largest absolute Gasteiger partial charge is 0.572 e. The van der Waals surface area contributed by atoms with E-state index in [0.717, 1.165) is 5.57 Å². The van der Waals surface area contributed by atoms with Gasteiger partial charge in [-0.1, -0.05) is 31.6 Å². The van der Waals surface area contributed by atoms with E-state index in [0.29, 0.717) is 23.8 Å². The van der Waals surface area contributed by atoms with Crippen LogP contribution in [0.1, 0.15) is 20.3 Å². The molecule has 5 heteroatoms. The molecule has 0 aromatic rings. The Kier molecular flexibility index (Phi) is 4.40. The number of rotatable bonds is 3. The average Bonchev–Trinajstić information content (AvgIpc) is 2.24. The fourth-order valence-electron chi connectivity index (χ4n) is 1.51. The molecular formula is C12H15F3O2. The van der Waals surface area contributed by atoms with Crippen LogP contribution in [0.5, 0.6) is 0 Å². The van der Waals surface area contributed by atoms with Gasteiger partial charge in [0.05, 0.1) is 12.9 Å². The minimum atomic E-state index is -4.69. The van der Waals surface area contributed by atoms with Crippen LogP contribution < -0.4 is 0 Å². The van der Waals surface area contributed by atoms with Crippen molar-refractivity contribution < 1.29 is 23.0 Å². The molecule has 0 fully saturated rings. The highest BCUT2D eigenvalue weighted by Crippen LogP contribution is 2.30. The van der Waals surface area contributed by atoms with Crippen LogP contribution in [-0.2, 0) is 4.74 Å². The zero-order valence-electron chi connectivity index (χ0n) is 9.71. The summed E-state index contributed by atoms with van der Waals surface area (Å²) in [5.74, 6) is 0.251. The first kappa shape index (κ1) is 13.8. The summed E-state index contributed by atoms with van der Waals surface area (Å²) in [5.41, 5.74) is 1.84. The van der Waals surface area contributed by atoms with Crippen LogP contribution in [0.3, 0.4) is 0 Å². The van der Waals surface area contributed by atoms with Crippen LogP contribution in [0, 0.1) is 5.92 Å². The van der Waals surface area contributed by atoms with Gasteiger partial charge in [-0.25, -0.2) is 0 Å². The molecule has 2 nitrogen and oxygen atoms in total. The van der Waals surface area contributed by atoms with E-state index in [1.54, 1.807) is 6.08 Å². The van der Waals surface area contributed by atoms with Crippen molar-refractivity contribution in [1.29, 1.82) is 0 Å². The molecule has 0 saturated heterocycles. The standard InChI is InChI=1S/C12H15F3O2/c1-8(2)9-3-4-10(6-16)11(5-9)7-17-12(13,14)15/h3-4,7-8,16H,5-6H2,1-2H3/b11-7-. The number of ether oxygens (including phenoxy) is 1. The Morgan fingerprint density at radius 1 is 1.41 bits per heavy atom. The molecule has 0 aliphatic heterocycles. The predicted molar refractivity (Wildman–Crippen MR) is 57.9 cm³/mol. The molecule has 0 aromatic heterocycles. The van der Waals surface area contributed by atoms with Gasteiger partial charge < -0.3 is 9.84 Å². The summed E-state index contributed by atoms with van der Waals surface area (Å²) in [5, 5.41) is 9.04. The van der Waals surface area contributed by atoms with E-state index in [1.807, 2.05) is 19.9 Å². The number of hydrogen-bond donors (Lipinski definition) is 1. The Morgan fingerprint density at radius 2 is 2.06 bits per heavy atom. The third kappa shape index (κ3) is 4.26. The van der Waals surface area contributed by atoms with Crippen LogP contribution in [0.4, 0.5) is 13.2 Å². The molecule has 0 amide bonds. The molecule has 1 N–H and O–H groups in total. The van der Waals surface area contributed by atoms with Gasteiger partial charge >= 0.3 is 6.36 Å². The monoisotopic (exact) mass is 248 g/mol. The average molecular weight is 248 g/mol. The molecule has 0 spiro atoms.